The summed E-state index contributed by atoms with van der Waals surface area (Å²) in [5.41, 5.74) is -0.355. The monoisotopic (exact) mass is 275 g/mol. The van der Waals surface area contributed by atoms with Gasteiger partial charge in [-0.1, -0.05) is 0 Å². The van der Waals surface area contributed by atoms with E-state index in [4.69, 9.17) is 0 Å². The standard InChI is InChI=1S/C10H17N3O4S/c1-7(2)18(16,17)6-8-5-9(14)13(11-8)10(15)12(3)4/h5,7,11H,6H2,1-4H3. The van der Waals surface area contributed by atoms with Gasteiger partial charge in [-0.2, -0.15) is 4.68 Å². The highest BCUT2D eigenvalue weighted by atomic mass is 32.2. The van der Waals surface area contributed by atoms with Crippen LogP contribution >= 0.6 is 0 Å². The van der Waals surface area contributed by atoms with Crippen molar-refractivity contribution in [1.82, 2.24) is 14.7 Å². The van der Waals surface area contributed by atoms with Crippen molar-refractivity contribution in [3.63, 3.8) is 0 Å². The van der Waals surface area contributed by atoms with E-state index < -0.39 is 26.7 Å². The highest BCUT2D eigenvalue weighted by molar-refractivity contribution is 7.91. The molecule has 1 aromatic rings. The van der Waals surface area contributed by atoms with Crippen LogP contribution in [0.2, 0.25) is 0 Å². The maximum atomic E-state index is 11.7. The zero-order chi connectivity index (χ0) is 14.1. The molecule has 8 heteroatoms. The van der Waals surface area contributed by atoms with Gasteiger partial charge in [-0.05, 0) is 13.8 Å². The molecule has 1 aromatic heterocycles. The van der Waals surface area contributed by atoms with E-state index in [1.54, 1.807) is 13.8 Å². The fourth-order valence-corrected chi connectivity index (χ4v) is 2.16. The largest absolute Gasteiger partial charge is 0.345 e. The fraction of sp³-hybridized carbons (Fsp3) is 0.600. The predicted octanol–water partition coefficient (Wildman–Crippen LogP) is 0.0293. The summed E-state index contributed by atoms with van der Waals surface area (Å²) in [7, 11) is -0.309. The number of H-pyrrole nitrogens is 1. The van der Waals surface area contributed by atoms with Crippen molar-refractivity contribution in [3.8, 4) is 0 Å². The number of hydrogen-bond donors (Lipinski definition) is 1. The molecule has 0 aromatic carbocycles. The van der Waals surface area contributed by atoms with Crippen molar-refractivity contribution >= 4 is 15.9 Å². The van der Waals surface area contributed by atoms with Gasteiger partial charge in [-0.15, -0.1) is 0 Å². The first-order valence-corrected chi connectivity index (χ1v) is 7.11. The van der Waals surface area contributed by atoms with Gasteiger partial charge in [0.25, 0.3) is 5.56 Å². The van der Waals surface area contributed by atoms with E-state index in [-0.39, 0.29) is 11.4 Å². The lowest BCUT2D eigenvalue weighted by Crippen LogP contribution is -2.34. The third-order valence-electron chi connectivity index (χ3n) is 2.42. The zero-order valence-electron chi connectivity index (χ0n) is 10.8. The van der Waals surface area contributed by atoms with Gasteiger partial charge >= 0.3 is 6.03 Å². The molecule has 7 nitrogen and oxygen atoms in total. The van der Waals surface area contributed by atoms with Crippen LogP contribution < -0.4 is 5.56 Å². The summed E-state index contributed by atoms with van der Waals surface area (Å²) in [5, 5.41) is 1.97. The first-order chi connectivity index (χ1) is 8.15. The Bertz CT molecular complexity index is 595. The van der Waals surface area contributed by atoms with Gasteiger partial charge in [0.15, 0.2) is 9.84 Å². The van der Waals surface area contributed by atoms with E-state index in [9.17, 15) is 18.0 Å². The normalized spacial score (nSPS) is 11.8. The topological polar surface area (TPSA) is 92.2 Å². The van der Waals surface area contributed by atoms with Crippen LogP contribution in [0.25, 0.3) is 0 Å². The number of rotatable bonds is 3. The number of sulfone groups is 1. The number of nitrogens with one attached hydrogen (secondary N) is 1. The van der Waals surface area contributed by atoms with Crippen LogP contribution in [0, 0.1) is 0 Å². The van der Waals surface area contributed by atoms with E-state index in [0.29, 0.717) is 0 Å². The highest BCUT2D eigenvalue weighted by Gasteiger charge is 2.20. The Balaban J connectivity index is 3.07. The van der Waals surface area contributed by atoms with Crippen molar-refractivity contribution in [2.75, 3.05) is 14.1 Å². The summed E-state index contributed by atoms with van der Waals surface area (Å²) >= 11 is 0. The third-order valence-corrected chi connectivity index (χ3v) is 4.57. The van der Waals surface area contributed by atoms with Crippen molar-refractivity contribution in [2.24, 2.45) is 0 Å². The van der Waals surface area contributed by atoms with Gasteiger partial charge in [0.1, 0.15) is 0 Å². The third kappa shape index (κ3) is 3.00. The van der Waals surface area contributed by atoms with Crippen molar-refractivity contribution in [3.05, 3.63) is 22.1 Å². The molecule has 0 aliphatic rings. The summed E-state index contributed by atoms with van der Waals surface area (Å²) in [4.78, 5) is 24.3. The first kappa shape index (κ1) is 14.5. The second kappa shape index (κ2) is 4.97. The average Bonchev–Trinajstić information content (AvgIpc) is 2.56. The van der Waals surface area contributed by atoms with Gasteiger partial charge < -0.3 is 4.90 Å². The summed E-state index contributed by atoms with van der Waals surface area (Å²) in [6, 6.07) is 0.578. The number of carbonyl (C=O) groups excluding carboxylic acids is 1. The molecule has 0 saturated carbocycles. The SMILES string of the molecule is CC(C)S(=O)(=O)Cc1cc(=O)n(C(=O)N(C)C)[nH]1. The van der Waals surface area contributed by atoms with Gasteiger partial charge in [0.05, 0.1) is 16.7 Å². The second-order valence-corrected chi connectivity index (χ2v) is 7.05. The lowest BCUT2D eigenvalue weighted by molar-refractivity contribution is 0.215. The molecule has 0 fully saturated rings. The number of carbonyl (C=O) groups is 1. The summed E-state index contributed by atoms with van der Waals surface area (Å²) < 4.78 is 24.2. The molecule has 1 N–H and O–H groups in total. The minimum atomic E-state index is -3.31. The van der Waals surface area contributed by atoms with Gasteiger partial charge in [0, 0.05) is 20.2 Å². The predicted molar refractivity (Wildman–Crippen MR) is 67.3 cm³/mol. The molecule has 102 valence electrons. The summed E-state index contributed by atoms with van der Waals surface area (Å²) in [6.07, 6.45) is 0. The Hall–Kier alpha value is -1.57. The number of aromatic nitrogens is 2. The van der Waals surface area contributed by atoms with Crippen LogP contribution in [0.3, 0.4) is 0 Å². The van der Waals surface area contributed by atoms with Crippen LogP contribution in [0.4, 0.5) is 4.79 Å². The van der Waals surface area contributed by atoms with Crippen LogP contribution in [0.15, 0.2) is 10.9 Å². The summed E-state index contributed by atoms with van der Waals surface area (Å²) in [5.74, 6) is -0.284. The van der Waals surface area contributed by atoms with Crippen molar-refractivity contribution < 1.29 is 13.2 Å². The minimum absolute atomic E-state index is 0.212. The van der Waals surface area contributed by atoms with Gasteiger partial charge in [-0.3, -0.25) is 9.89 Å². The Kier molecular flexibility index (Phi) is 4.00. The average molecular weight is 275 g/mol. The molecule has 1 heterocycles. The Morgan fingerprint density at radius 2 is 2.00 bits per heavy atom. The number of hydrogen-bond acceptors (Lipinski definition) is 4. The Morgan fingerprint density at radius 3 is 2.44 bits per heavy atom. The molecule has 1 rings (SSSR count). The van der Waals surface area contributed by atoms with Crippen molar-refractivity contribution in [2.45, 2.75) is 24.9 Å². The molecule has 0 saturated heterocycles. The summed E-state index contributed by atoms with van der Waals surface area (Å²) in [6.45, 7) is 3.13. The van der Waals surface area contributed by atoms with Crippen LogP contribution in [-0.2, 0) is 15.6 Å². The first-order valence-electron chi connectivity index (χ1n) is 5.39. The highest BCUT2D eigenvalue weighted by Crippen LogP contribution is 2.07. The van der Waals surface area contributed by atoms with E-state index in [1.165, 1.54) is 19.0 Å². The molecular formula is C10H17N3O4S. The van der Waals surface area contributed by atoms with Gasteiger partial charge in [-0.25, -0.2) is 13.2 Å². The molecule has 0 bridgehead atoms. The van der Waals surface area contributed by atoms with Gasteiger partial charge in [0.2, 0.25) is 0 Å². The van der Waals surface area contributed by atoms with Crippen LogP contribution in [-0.4, -0.2) is 48.5 Å². The van der Waals surface area contributed by atoms with Crippen LogP contribution in [0.1, 0.15) is 19.5 Å². The Labute approximate surface area is 105 Å². The molecular weight excluding hydrogens is 258 g/mol. The molecule has 0 aliphatic heterocycles. The second-order valence-electron chi connectivity index (χ2n) is 4.49. The van der Waals surface area contributed by atoms with E-state index in [2.05, 4.69) is 5.10 Å². The fourth-order valence-electron chi connectivity index (χ4n) is 1.24. The van der Waals surface area contributed by atoms with Crippen molar-refractivity contribution in [1.29, 1.82) is 0 Å². The van der Waals surface area contributed by atoms with E-state index in [1.807, 2.05) is 0 Å². The maximum absolute atomic E-state index is 11.7. The smallest absolute Gasteiger partial charge is 0.329 e. The number of amides is 1. The molecule has 0 radical (unpaired) electrons. The molecule has 18 heavy (non-hydrogen) atoms. The molecule has 0 spiro atoms. The minimum Gasteiger partial charge on any atom is -0.329 e. The molecule has 0 unspecified atom stereocenters. The number of nitrogens with zero attached hydrogens (tertiary/aromatic N) is 2. The Morgan fingerprint density at radius 1 is 1.44 bits per heavy atom. The maximum Gasteiger partial charge on any atom is 0.345 e. The molecule has 1 amide bonds. The lowest BCUT2D eigenvalue weighted by atomic mass is 10.5. The van der Waals surface area contributed by atoms with E-state index in [0.717, 1.165) is 10.7 Å². The van der Waals surface area contributed by atoms with Crippen LogP contribution in [0.5, 0.6) is 0 Å². The lowest BCUT2D eigenvalue weighted by Gasteiger charge is -2.09. The van der Waals surface area contributed by atoms with E-state index >= 15 is 0 Å². The molecule has 0 atom stereocenters. The molecule has 0 aliphatic carbocycles. The zero-order valence-corrected chi connectivity index (χ0v) is 11.6. The number of aromatic amines is 1. The quantitative estimate of drug-likeness (QED) is 0.842.